The Morgan fingerprint density at radius 1 is 0.962 bits per heavy atom. The van der Waals surface area contributed by atoms with Crippen molar-refractivity contribution in [1.29, 1.82) is 0 Å². The third-order valence-corrected chi connectivity index (χ3v) is 4.54. The van der Waals surface area contributed by atoms with Crippen molar-refractivity contribution in [1.82, 2.24) is 4.90 Å². The molecule has 3 N–H and O–H groups in total. The number of nitrogens with two attached hydrogens (primary N) is 1. The van der Waals surface area contributed by atoms with Crippen molar-refractivity contribution in [3.63, 3.8) is 0 Å². The molecule has 2 aromatic carbocycles. The van der Waals surface area contributed by atoms with Crippen LogP contribution in [-0.2, 0) is 4.79 Å². The van der Waals surface area contributed by atoms with Crippen molar-refractivity contribution in [2.24, 2.45) is 11.7 Å². The number of nitrogens with zero attached hydrogens (tertiary/aromatic N) is 1. The number of amides is 3. The van der Waals surface area contributed by atoms with Gasteiger partial charge in [0.05, 0.1) is 5.92 Å². The summed E-state index contributed by atoms with van der Waals surface area (Å²) in [4.78, 5) is 38.0. The van der Waals surface area contributed by atoms with Crippen LogP contribution in [0.15, 0.2) is 54.6 Å². The Morgan fingerprint density at radius 2 is 1.62 bits per heavy atom. The predicted octanol–water partition coefficient (Wildman–Crippen LogP) is 2.28. The molecule has 0 spiro atoms. The minimum atomic E-state index is -0.528. The van der Waals surface area contributed by atoms with Crippen LogP contribution in [0.25, 0.3) is 0 Å². The number of likely N-dealkylation sites (tertiary alicyclic amines) is 1. The van der Waals surface area contributed by atoms with Gasteiger partial charge >= 0.3 is 0 Å². The van der Waals surface area contributed by atoms with Crippen LogP contribution in [0.4, 0.5) is 5.69 Å². The third-order valence-electron chi connectivity index (χ3n) is 4.54. The Bertz CT molecular complexity index is 803. The zero-order valence-corrected chi connectivity index (χ0v) is 14.4. The molecule has 26 heavy (non-hydrogen) atoms. The van der Waals surface area contributed by atoms with Crippen LogP contribution in [0.3, 0.4) is 0 Å². The van der Waals surface area contributed by atoms with E-state index in [1.54, 1.807) is 29.2 Å². The lowest BCUT2D eigenvalue weighted by Crippen LogP contribution is -2.43. The molecule has 1 heterocycles. The van der Waals surface area contributed by atoms with E-state index in [-0.39, 0.29) is 17.7 Å². The second-order valence-corrected chi connectivity index (χ2v) is 6.39. The summed E-state index contributed by atoms with van der Waals surface area (Å²) in [5.74, 6) is -0.978. The van der Waals surface area contributed by atoms with Crippen molar-refractivity contribution in [3.8, 4) is 0 Å². The number of nitrogens with one attached hydrogen (secondary N) is 1. The smallest absolute Gasteiger partial charge is 0.253 e. The molecule has 0 saturated carbocycles. The van der Waals surface area contributed by atoms with Gasteiger partial charge in [-0.1, -0.05) is 18.2 Å². The molecule has 1 aliphatic heterocycles. The van der Waals surface area contributed by atoms with Crippen LogP contribution in [-0.4, -0.2) is 35.7 Å². The molecule has 134 valence electrons. The number of piperidine rings is 1. The van der Waals surface area contributed by atoms with Gasteiger partial charge in [0.1, 0.15) is 0 Å². The summed E-state index contributed by atoms with van der Waals surface area (Å²) in [5.41, 5.74) is 6.82. The largest absolute Gasteiger partial charge is 0.366 e. The van der Waals surface area contributed by atoms with Crippen molar-refractivity contribution < 1.29 is 14.4 Å². The lowest BCUT2D eigenvalue weighted by Gasteiger charge is -2.32. The summed E-state index contributed by atoms with van der Waals surface area (Å²) < 4.78 is 0. The first-order valence-corrected chi connectivity index (χ1v) is 8.59. The van der Waals surface area contributed by atoms with Crippen LogP contribution in [0.2, 0.25) is 0 Å². The third kappa shape index (κ3) is 4.08. The van der Waals surface area contributed by atoms with Gasteiger partial charge in [-0.2, -0.15) is 0 Å². The fourth-order valence-electron chi connectivity index (χ4n) is 3.10. The molecule has 1 saturated heterocycles. The van der Waals surface area contributed by atoms with E-state index in [0.717, 1.165) is 18.5 Å². The van der Waals surface area contributed by atoms with Crippen LogP contribution in [0.1, 0.15) is 33.6 Å². The molecular formula is C20H21N3O3. The first-order valence-electron chi connectivity index (χ1n) is 8.59. The highest BCUT2D eigenvalue weighted by Gasteiger charge is 2.29. The van der Waals surface area contributed by atoms with Crippen molar-refractivity contribution in [3.05, 3.63) is 65.7 Å². The fourth-order valence-corrected chi connectivity index (χ4v) is 3.10. The average Bonchev–Trinajstić information content (AvgIpc) is 2.68. The van der Waals surface area contributed by atoms with E-state index in [1.165, 1.54) is 0 Å². The number of anilines is 1. The Hall–Kier alpha value is -3.15. The van der Waals surface area contributed by atoms with Crippen LogP contribution in [0, 0.1) is 5.92 Å². The molecule has 0 bridgehead atoms. The maximum absolute atomic E-state index is 12.7. The monoisotopic (exact) mass is 351 g/mol. The van der Waals surface area contributed by atoms with E-state index in [4.69, 9.17) is 5.73 Å². The van der Waals surface area contributed by atoms with E-state index in [0.29, 0.717) is 24.2 Å². The lowest BCUT2D eigenvalue weighted by molar-refractivity contribution is -0.121. The highest BCUT2D eigenvalue weighted by molar-refractivity contribution is 5.98. The van der Waals surface area contributed by atoms with Crippen molar-refractivity contribution >= 4 is 23.4 Å². The summed E-state index contributed by atoms with van der Waals surface area (Å²) in [6, 6.07) is 15.6. The first-order chi connectivity index (χ1) is 12.5. The van der Waals surface area contributed by atoms with Gasteiger partial charge < -0.3 is 16.0 Å². The molecule has 1 unspecified atom stereocenters. The molecule has 0 aliphatic carbocycles. The number of carbonyl (C=O) groups excluding carboxylic acids is 3. The standard InChI is InChI=1S/C20H21N3O3/c21-18(24)14-8-10-15(11-9-14)20(26)23-12-4-5-16(13-23)19(25)22-17-6-2-1-3-7-17/h1-3,6-11,16H,4-5,12-13H2,(H2,21,24)(H,22,25). The molecular weight excluding hydrogens is 330 g/mol. The van der Waals surface area contributed by atoms with Gasteiger partial charge in [-0.05, 0) is 49.2 Å². The van der Waals surface area contributed by atoms with Gasteiger partial charge in [-0.25, -0.2) is 0 Å². The number of rotatable bonds is 4. The quantitative estimate of drug-likeness (QED) is 0.885. The average molecular weight is 351 g/mol. The minimum Gasteiger partial charge on any atom is -0.366 e. The van der Waals surface area contributed by atoms with Gasteiger partial charge in [0, 0.05) is 29.9 Å². The van der Waals surface area contributed by atoms with Crippen molar-refractivity contribution in [2.75, 3.05) is 18.4 Å². The second-order valence-electron chi connectivity index (χ2n) is 6.39. The number of carbonyl (C=O) groups is 3. The van der Waals surface area contributed by atoms with E-state index in [1.807, 2.05) is 30.3 Å². The Balaban J connectivity index is 1.64. The number of para-hydroxylation sites is 1. The van der Waals surface area contributed by atoms with Gasteiger partial charge in [0.15, 0.2) is 0 Å². The molecule has 1 aliphatic rings. The maximum Gasteiger partial charge on any atom is 0.253 e. The van der Waals surface area contributed by atoms with Gasteiger partial charge in [0.25, 0.3) is 5.91 Å². The predicted molar refractivity (Wildman–Crippen MR) is 98.7 cm³/mol. The number of primary amides is 1. The molecule has 2 aromatic rings. The number of hydrogen-bond donors (Lipinski definition) is 2. The summed E-state index contributed by atoms with van der Waals surface area (Å²) in [6.07, 6.45) is 1.53. The highest BCUT2D eigenvalue weighted by Crippen LogP contribution is 2.21. The normalized spacial score (nSPS) is 16.8. The van der Waals surface area contributed by atoms with Crippen LogP contribution >= 0.6 is 0 Å². The fraction of sp³-hybridized carbons (Fsp3) is 0.250. The van der Waals surface area contributed by atoms with Gasteiger partial charge in [-0.3, -0.25) is 14.4 Å². The lowest BCUT2D eigenvalue weighted by atomic mass is 9.96. The first kappa shape index (κ1) is 17.7. The zero-order valence-electron chi connectivity index (χ0n) is 14.4. The van der Waals surface area contributed by atoms with E-state index in [9.17, 15) is 14.4 Å². The Morgan fingerprint density at radius 3 is 2.27 bits per heavy atom. The van der Waals surface area contributed by atoms with Crippen LogP contribution < -0.4 is 11.1 Å². The van der Waals surface area contributed by atoms with Gasteiger partial charge in [0.2, 0.25) is 11.8 Å². The molecule has 1 fully saturated rings. The van der Waals surface area contributed by atoms with E-state index >= 15 is 0 Å². The maximum atomic E-state index is 12.7. The summed E-state index contributed by atoms with van der Waals surface area (Å²) in [7, 11) is 0. The minimum absolute atomic E-state index is 0.0715. The van der Waals surface area contributed by atoms with Crippen molar-refractivity contribution in [2.45, 2.75) is 12.8 Å². The topological polar surface area (TPSA) is 92.5 Å². The molecule has 0 aromatic heterocycles. The Kier molecular flexibility index (Phi) is 5.31. The second kappa shape index (κ2) is 7.82. The van der Waals surface area contributed by atoms with Crippen LogP contribution in [0.5, 0.6) is 0 Å². The SMILES string of the molecule is NC(=O)c1ccc(C(=O)N2CCCC(C(=O)Nc3ccccc3)C2)cc1. The van der Waals surface area contributed by atoms with E-state index in [2.05, 4.69) is 5.32 Å². The molecule has 6 nitrogen and oxygen atoms in total. The highest BCUT2D eigenvalue weighted by atomic mass is 16.2. The molecule has 0 radical (unpaired) electrons. The molecule has 3 rings (SSSR count). The van der Waals surface area contributed by atoms with E-state index < -0.39 is 5.91 Å². The number of hydrogen-bond acceptors (Lipinski definition) is 3. The summed E-state index contributed by atoms with van der Waals surface area (Å²) in [5, 5.41) is 2.90. The summed E-state index contributed by atoms with van der Waals surface area (Å²) in [6.45, 7) is 1.00. The molecule has 6 heteroatoms. The number of benzene rings is 2. The summed E-state index contributed by atoms with van der Waals surface area (Å²) >= 11 is 0. The Labute approximate surface area is 152 Å². The molecule has 3 amide bonds. The van der Waals surface area contributed by atoms with Gasteiger partial charge in [-0.15, -0.1) is 0 Å². The zero-order chi connectivity index (χ0) is 18.5. The molecule has 1 atom stereocenters.